The second-order valence-corrected chi connectivity index (χ2v) is 3.22. The molecule has 0 aromatic rings. The van der Waals surface area contributed by atoms with Crippen LogP contribution in [-0.2, 0) is 9.53 Å². The summed E-state index contributed by atoms with van der Waals surface area (Å²) in [7, 11) is 0. The zero-order chi connectivity index (χ0) is 9.19. The molecule has 1 unspecified atom stereocenters. The second-order valence-electron chi connectivity index (χ2n) is 3.22. The molecule has 0 saturated carbocycles. The maximum absolute atomic E-state index is 11.0. The van der Waals surface area contributed by atoms with E-state index in [1.54, 1.807) is 0 Å². The summed E-state index contributed by atoms with van der Waals surface area (Å²) >= 11 is 0. The molecular weight excluding hydrogens is 156 g/mol. The number of rotatable bonds is 3. The normalized spacial score (nSPS) is 28.6. The fourth-order valence-electron chi connectivity index (χ4n) is 1.21. The van der Waals surface area contributed by atoms with Crippen molar-refractivity contribution in [2.24, 2.45) is 0 Å². The lowest BCUT2D eigenvalue weighted by molar-refractivity contribution is -0.172. The van der Waals surface area contributed by atoms with Crippen LogP contribution in [0.15, 0.2) is 11.6 Å². The van der Waals surface area contributed by atoms with Crippen LogP contribution in [0, 0.1) is 0 Å². The Balaban J connectivity index is 2.58. The lowest BCUT2D eigenvalue weighted by atomic mass is 10.1. The summed E-state index contributed by atoms with van der Waals surface area (Å²) in [6.07, 6.45) is 4.18. The molecule has 12 heavy (non-hydrogen) atoms. The van der Waals surface area contributed by atoms with Crippen molar-refractivity contribution in [3.63, 3.8) is 0 Å². The number of aliphatic hydroxyl groups is 1. The summed E-state index contributed by atoms with van der Waals surface area (Å²) < 4.78 is 4.68. The lowest BCUT2D eigenvalue weighted by Gasteiger charge is -2.11. The van der Waals surface area contributed by atoms with Gasteiger partial charge in [0.05, 0.1) is 0 Å². The van der Waals surface area contributed by atoms with E-state index >= 15 is 0 Å². The minimum Gasteiger partial charge on any atom is -0.426 e. The van der Waals surface area contributed by atoms with Gasteiger partial charge in [0.2, 0.25) is 5.79 Å². The van der Waals surface area contributed by atoms with Gasteiger partial charge in [-0.3, -0.25) is 0 Å². The number of ether oxygens (including phenoxy) is 1. The summed E-state index contributed by atoms with van der Waals surface area (Å²) in [4.78, 5) is 11.0. The molecule has 1 rings (SSSR count). The minimum atomic E-state index is -1.37. The summed E-state index contributed by atoms with van der Waals surface area (Å²) in [5.74, 6) is -1.76. The van der Waals surface area contributed by atoms with Crippen molar-refractivity contribution in [2.75, 3.05) is 0 Å². The van der Waals surface area contributed by atoms with Gasteiger partial charge in [-0.1, -0.05) is 13.3 Å². The molecule has 0 bridgehead atoms. The Hall–Kier alpha value is -0.830. The van der Waals surface area contributed by atoms with E-state index < -0.39 is 5.79 Å². The molecule has 1 aliphatic rings. The predicted molar refractivity (Wildman–Crippen MR) is 44.3 cm³/mol. The number of esters is 1. The highest BCUT2D eigenvalue weighted by Crippen LogP contribution is 2.24. The lowest BCUT2D eigenvalue weighted by Crippen LogP contribution is -2.22. The highest BCUT2D eigenvalue weighted by molar-refractivity contribution is 5.91. The quantitative estimate of drug-likeness (QED) is 0.651. The summed E-state index contributed by atoms with van der Waals surface area (Å²) in [5.41, 5.74) is 0.599. The van der Waals surface area contributed by atoms with Crippen molar-refractivity contribution in [1.29, 1.82) is 0 Å². The number of carbonyl (C=O) groups is 1. The van der Waals surface area contributed by atoms with E-state index in [2.05, 4.69) is 11.7 Å². The first-order valence-electron chi connectivity index (χ1n) is 4.22. The number of hydrogen-bond acceptors (Lipinski definition) is 3. The monoisotopic (exact) mass is 170 g/mol. The van der Waals surface area contributed by atoms with Crippen molar-refractivity contribution in [1.82, 2.24) is 0 Å². The largest absolute Gasteiger partial charge is 0.426 e. The molecule has 3 heteroatoms. The van der Waals surface area contributed by atoms with Crippen LogP contribution in [-0.4, -0.2) is 16.9 Å². The number of unbranched alkanes of at least 4 members (excludes halogenated alkanes) is 1. The van der Waals surface area contributed by atoms with Gasteiger partial charge in [-0.2, -0.15) is 0 Å². The topological polar surface area (TPSA) is 46.5 Å². The SMILES string of the molecule is CCCCC1=CC(C)(O)OC1=O. The highest BCUT2D eigenvalue weighted by atomic mass is 16.7. The van der Waals surface area contributed by atoms with Crippen LogP contribution < -0.4 is 0 Å². The standard InChI is InChI=1S/C9H14O3/c1-3-4-5-7-6-9(2,11)12-8(7)10/h6,11H,3-5H2,1-2H3. The predicted octanol–water partition coefficient (Wildman–Crippen LogP) is 1.37. The van der Waals surface area contributed by atoms with Crippen LogP contribution >= 0.6 is 0 Å². The van der Waals surface area contributed by atoms with Gasteiger partial charge in [0, 0.05) is 12.5 Å². The third-order valence-electron chi connectivity index (χ3n) is 1.80. The molecule has 1 heterocycles. The Labute approximate surface area is 72.0 Å². The van der Waals surface area contributed by atoms with Crippen molar-refractivity contribution in [3.8, 4) is 0 Å². The molecule has 0 aromatic heterocycles. The van der Waals surface area contributed by atoms with Gasteiger partial charge < -0.3 is 9.84 Å². The highest BCUT2D eigenvalue weighted by Gasteiger charge is 2.32. The Kier molecular flexibility index (Phi) is 2.52. The fraction of sp³-hybridized carbons (Fsp3) is 0.667. The van der Waals surface area contributed by atoms with E-state index in [1.807, 2.05) is 0 Å². The Bertz CT molecular complexity index is 216. The van der Waals surface area contributed by atoms with Crippen molar-refractivity contribution >= 4 is 5.97 Å². The van der Waals surface area contributed by atoms with E-state index in [-0.39, 0.29) is 5.97 Å². The third kappa shape index (κ3) is 2.08. The van der Waals surface area contributed by atoms with E-state index in [9.17, 15) is 9.90 Å². The summed E-state index contributed by atoms with van der Waals surface area (Å²) in [5, 5.41) is 9.32. The number of cyclic esters (lactones) is 1. The van der Waals surface area contributed by atoms with E-state index in [4.69, 9.17) is 0 Å². The molecule has 0 amide bonds. The van der Waals surface area contributed by atoms with Gasteiger partial charge >= 0.3 is 5.97 Å². The smallest absolute Gasteiger partial charge is 0.336 e. The molecule has 1 N–H and O–H groups in total. The van der Waals surface area contributed by atoms with E-state index in [0.29, 0.717) is 12.0 Å². The van der Waals surface area contributed by atoms with Crippen LogP contribution in [0.5, 0.6) is 0 Å². The molecule has 0 aromatic carbocycles. The molecule has 0 fully saturated rings. The maximum atomic E-state index is 11.0. The van der Waals surface area contributed by atoms with Crippen LogP contribution in [0.4, 0.5) is 0 Å². The van der Waals surface area contributed by atoms with Gasteiger partial charge in [-0.15, -0.1) is 0 Å². The maximum Gasteiger partial charge on any atom is 0.336 e. The molecule has 0 radical (unpaired) electrons. The summed E-state index contributed by atoms with van der Waals surface area (Å²) in [6, 6.07) is 0. The van der Waals surface area contributed by atoms with Gasteiger partial charge in [0.15, 0.2) is 0 Å². The first kappa shape index (κ1) is 9.26. The molecule has 3 nitrogen and oxygen atoms in total. The first-order chi connectivity index (χ1) is 5.55. The van der Waals surface area contributed by atoms with Crippen molar-refractivity contribution in [2.45, 2.75) is 38.9 Å². The summed E-state index contributed by atoms with van der Waals surface area (Å²) in [6.45, 7) is 3.52. The molecule has 0 spiro atoms. The number of carbonyl (C=O) groups excluding carboxylic acids is 1. The van der Waals surface area contributed by atoms with Crippen LogP contribution in [0.1, 0.15) is 33.1 Å². The van der Waals surface area contributed by atoms with E-state index in [1.165, 1.54) is 13.0 Å². The van der Waals surface area contributed by atoms with Gasteiger partial charge in [-0.05, 0) is 18.9 Å². The Morgan fingerprint density at radius 2 is 2.33 bits per heavy atom. The van der Waals surface area contributed by atoms with Crippen LogP contribution in [0.25, 0.3) is 0 Å². The Morgan fingerprint density at radius 3 is 2.75 bits per heavy atom. The molecule has 0 saturated heterocycles. The van der Waals surface area contributed by atoms with Gasteiger partial charge in [0.25, 0.3) is 0 Å². The van der Waals surface area contributed by atoms with Crippen molar-refractivity contribution < 1.29 is 14.6 Å². The zero-order valence-electron chi connectivity index (χ0n) is 7.46. The van der Waals surface area contributed by atoms with Gasteiger partial charge in [0.1, 0.15) is 0 Å². The minimum absolute atomic E-state index is 0.381. The van der Waals surface area contributed by atoms with Gasteiger partial charge in [-0.25, -0.2) is 4.79 Å². The van der Waals surface area contributed by atoms with Crippen LogP contribution in [0.3, 0.4) is 0 Å². The Morgan fingerprint density at radius 1 is 1.67 bits per heavy atom. The number of hydrogen-bond donors (Lipinski definition) is 1. The molecule has 0 aliphatic carbocycles. The van der Waals surface area contributed by atoms with E-state index in [0.717, 1.165) is 12.8 Å². The van der Waals surface area contributed by atoms with Crippen LogP contribution in [0.2, 0.25) is 0 Å². The van der Waals surface area contributed by atoms with Crippen molar-refractivity contribution in [3.05, 3.63) is 11.6 Å². The average Bonchev–Trinajstić information content (AvgIpc) is 2.20. The zero-order valence-corrected chi connectivity index (χ0v) is 7.46. The molecule has 1 aliphatic heterocycles. The molecule has 68 valence electrons. The third-order valence-corrected chi connectivity index (χ3v) is 1.80. The fourth-order valence-corrected chi connectivity index (χ4v) is 1.21. The second kappa shape index (κ2) is 3.27. The molecule has 1 atom stereocenters. The first-order valence-corrected chi connectivity index (χ1v) is 4.22. The average molecular weight is 170 g/mol. The molecular formula is C9H14O3.